The van der Waals surface area contributed by atoms with Crippen molar-refractivity contribution in [2.24, 2.45) is 23.7 Å². The highest BCUT2D eigenvalue weighted by Crippen LogP contribution is 2.77. The summed E-state index contributed by atoms with van der Waals surface area (Å²) in [5.41, 5.74) is 21.3. The lowest BCUT2D eigenvalue weighted by atomic mass is 9.33. The maximum absolute atomic E-state index is 2.70. The van der Waals surface area contributed by atoms with Crippen molar-refractivity contribution < 1.29 is 0 Å². The van der Waals surface area contributed by atoms with E-state index in [1.807, 2.05) is 0 Å². The van der Waals surface area contributed by atoms with Crippen LogP contribution in [-0.4, -0.2) is 14.8 Å². The minimum Gasteiger partial charge on any atom is -0.311 e. The number of fused-ring (bicyclic) bond motifs is 7. The van der Waals surface area contributed by atoms with Gasteiger partial charge < -0.3 is 9.80 Å². The second-order valence-electron chi connectivity index (χ2n) is 22.2. The first-order chi connectivity index (χ1) is 28.1. The normalized spacial score (nSPS) is 24.1. The van der Waals surface area contributed by atoms with Gasteiger partial charge in [0.2, 0.25) is 0 Å². The molecule has 2 aliphatic heterocycles. The Bertz CT molecular complexity index is 2750. The third-order valence-electron chi connectivity index (χ3n) is 16.1. The predicted octanol–water partition coefficient (Wildman–Crippen LogP) is 11.9. The van der Waals surface area contributed by atoms with Gasteiger partial charge in [0.15, 0.2) is 0 Å². The first kappa shape index (κ1) is 36.1. The standard InChI is InChI=1S/C55H57BN2Si/c1-53(2,3)35-18-21-37(22-19-35)57-49-25-20-36(54(4,5)6)29-47(49)56-46-16-12-13-17-48(46)58(51-32-39(59(7,8)9)31-50(57)52(51)56)38-23-24-41-40-14-10-11-15-42(40)55(45(41)30-38)43-27-33-26-34(43)28-44(33)55/h10-25,29-34,43-44H,26-28H2,1-9H3. The van der Waals surface area contributed by atoms with Crippen LogP contribution in [0, 0.1) is 23.7 Å². The summed E-state index contributed by atoms with van der Waals surface area (Å²) in [4.78, 5) is 5.32. The monoisotopic (exact) mass is 784 g/mol. The van der Waals surface area contributed by atoms with Gasteiger partial charge in [0.05, 0.1) is 8.07 Å². The maximum Gasteiger partial charge on any atom is 0.252 e. The zero-order valence-corrected chi connectivity index (χ0v) is 37.4. The Morgan fingerprint density at radius 3 is 1.76 bits per heavy atom. The fourth-order valence-corrected chi connectivity index (χ4v) is 14.6. The molecule has 4 heteroatoms. The SMILES string of the molecule is CC(C)(C)c1ccc(N2c3ccc(C(C)(C)C)cc3B3c4ccccc4N(c4ccc5c(c4)C4(c6ccccc6-5)C5CC6CC5CC64)c4cc([Si](C)(C)C)cc2c43)cc1. The summed E-state index contributed by atoms with van der Waals surface area (Å²) in [5.74, 6) is 3.29. The van der Waals surface area contributed by atoms with Gasteiger partial charge in [-0.1, -0.05) is 139 Å². The largest absolute Gasteiger partial charge is 0.311 e. The number of rotatable bonds is 3. The highest BCUT2D eigenvalue weighted by molar-refractivity contribution is 7.00. The van der Waals surface area contributed by atoms with Crippen LogP contribution in [0.15, 0.2) is 121 Å². The molecule has 13 rings (SSSR count). The van der Waals surface area contributed by atoms with Gasteiger partial charge in [-0.25, -0.2) is 0 Å². The van der Waals surface area contributed by atoms with Crippen molar-refractivity contribution in [3.8, 4) is 11.1 Å². The fraction of sp³-hybridized carbons (Fsp3) is 0.345. The molecule has 6 aromatic rings. The first-order valence-electron chi connectivity index (χ1n) is 22.5. The number of benzene rings is 6. The molecular weight excluding hydrogens is 728 g/mol. The predicted molar refractivity (Wildman–Crippen MR) is 255 cm³/mol. The lowest BCUT2D eigenvalue weighted by Gasteiger charge is -2.45. The van der Waals surface area contributed by atoms with Crippen LogP contribution in [0.5, 0.6) is 0 Å². The third kappa shape index (κ3) is 4.76. The van der Waals surface area contributed by atoms with Crippen molar-refractivity contribution in [2.75, 3.05) is 9.80 Å². The lowest BCUT2D eigenvalue weighted by molar-refractivity contribution is 0.307. The van der Waals surface area contributed by atoms with Gasteiger partial charge in [0.25, 0.3) is 6.71 Å². The Morgan fingerprint density at radius 2 is 1.10 bits per heavy atom. The van der Waals surface area contributed by atoms with Crippen LogP contribution in [0.2, 0.25) is 19.6 Å². The van der Waals surface area contributed by atoms with Crippen LogP contribution in [0.4, 0.5) is 34.1 Å². The molecule has 0 saturated heterocycles. The second-order valence-corrected chi connectivity index (χ2v) is 27.3. The van der Waals surface area contributed by atoms with Crippen molar-refractivity contribution in [1.29, 1.82) is 0 Å². The highest BCUT2D eigenvalue weighted by atomic mass is 28.3. The van der Waals surface area contributed by atoms with E-state index in [0.29, 0.717) is 0 Å². The summed E-state index contributed by atoms with van der Waals surface area (Å²) >= 11 is 0. The molecule has 2 nitrogen and oxygen atoms in total. The average Bonchev–Trinajstić information content (AvgIpc) is 4.01. The summed E-state index contributed by atoms with van der Waals surface area (Å²) in [6.45, 7) is 21.7. The molecular formula is C55H57BN2Si. The van der Waals surface area contributed by atoms with E-state index in [2.05, 4.69) is 192 Å². The van der Waals surface area contributed by atoms with Crippen molar-refractivity contribution in [3.63, 3.8) is 0 Å². The Balaban J connectivity index is 1.13. The Kier molecular flexibility index (Phi) is 7.17. The van der Waals surface area contributed by atoms with E-state index in [1.54, 1.807) is 11.1 Å². The number of nitrogens with zero attached hydrogens (tertiary/aromatic N) is 2. The second kappa shape index (κ2) is 11.7. The maximum atomic E-state index is 2.70. The van der Waals surface area contributed by atoms with Crippen molar-refractivity contribution in [2.45, 2.75) is 96.7 Å². The van der Waals surface area contributed by atoms with E-state index in [1.165, 1.54) is 97.2 Å². The molecule has 2 heterocycles. The topological polar surface area (TPSA) is 6.48 Å². The summed E-state index contributed by atoms with van der Waals surface area (Å²) in [5, 5.41) is 1.50. The molecule has 4 fully saturated rings. The molecule has 4 bridgehead atoms. The summed E-state index contributed by atoms with van der Waals surface area (Å²) < 4.78 is 0. The molecule has 4 unspecified atom stereocenters. The van der Waals surface area contributed by atoms with Crippen molar-refractivity contribution >= 4 is 70.5 Å². The fourth-order valence-electron chi connectivity index (χ4n) is 13.5. The van der Waals surface area contributed by atoms with Crippen molar-refractivity contribution in [3.05, 3.63) is 144 Å². The molecule has 6 aromatic carbocycles. The summed E-state index contributed by atoms with van der Waals surface area (Å²) in [6, 6.07) is 48.7. The van der Waals surface area contributed by atoms with Crippen LogP contribution in [0.25, 0.3) is 11.1 Å². The Morgan fingerprint density at radius 1 is 0.525 bits per heavy atom. The van der Waals surface area contributed by atoms with E-state index in [9.17, 15) is 0 Å². The van der Waals surface area contributed by atoms with Crippen LogP contribution >= 0.6 is 0 Å². The van der Waals surface area contributed by atoms with E-state index in [4.69, 9.17) is 0 Å². The van der Waals surface area contributed by atoms with E-state index < -0.39 is 8.07 Å². The molecule has 0 amide bonds. The summed E-state index contributed by atoms with van der Waals surface area (Å²) in [7, 11) is -1.80. The van der Waals surface area contributed by atoms with Gasteiger partial charge >= 0.3 is 0 Å². The van der Waals surface area contributed by atoms with Crippen molar-refractivity contribution in [1.82, 2.24) is 0 Å². The molecule has 4 atom stereocenters. The van der Waals surface area contributed by atoms with Crippen LogP contribution < -0.4 is 31.4 Å². The van der Waals surface area contributed by atoms with Gasteiger partial charge in [-0.15, -0.1) is 0 Å². The molecule has 5 aliphatic carbocycles. The molecule has 59 heavy (non-hydrogen) atoms. The van der Waals surface area contributed by atoms with Gasteiger partial charge in [0.1, 0.15) is 0 Å². The number of para-hydroxylation sites is 1. The van der Waals surface area contributed by atoms with Crippen LogP contribution in [0.3, 0.4) is 0 Å². The zero-order chi connectivity index (χ0) is 40.5. The van der Waals surface area contributed by atoms with E-state index in [-0.39, 0.29) is 23.0 Å². The molecule has 1 spiro atoms. The van der Waals surface area contributed by atoms with Crippen LogP contribution in [-0.2, 0) is 16.2 Å². The first-order valence-corrected chi connectivity index (χ1v) is 26.0. The average molecular weight is 785 g/mol. The Labute approximate surface area is 353 Å². The highest BCUT2D eigenvalue weighted by Gasteiger charge is 2.70. The number of anilines is 6. The molecule has 0 N–H and O–H groups in total. The lowest BCUT2D eigenvalue weighted by Crippen LogP contribution is -2.62. The molecule has 0 aromatic heterocycles. The Hall–Kier alpha value is -4.80. The minimum absolute atomic E-state index is 0.0252. The molecule has 294 valence electrons. The molecule has 0 radical (unpaired) electrons. The zero-order valence-electron chi connectivity index (χ0n) is 36.4. The van der Waals surface area contributed by atoms with Gasteiger partial charge in [-0.3, -0.25) is 0 Å². The van der Waals surface area contributed by atoms with Gasteiger partial charge in [-0.05, 0) is 152 Å². The van der Waals surface area contributed by atoms with Gasteiger partial charge in [0, 0.05) is 39.5 Å². The van der Waals surface area contributed by atoms with Crippen LogP contribution in [0.1, 0.15) is 83.1 Å². The third-order valence-corrected chi connectivity index (χ3v) is 18.1. The molecule has 7 aliphatic rings. The smallest absolute Gasteiger partial charge is 0.252 e. The quantitative estimate of drug-likeness (QED) is 0.165. The molecule has 4 saturated carbocycles. The number of hydrogen-bond acceptors (Lipinski definition) is 2. The summed E-state index contributed by atoms with van der Waals surface area (Å²) in [6.07, 6.45) is 4.28. The number of hydrogen-bond donors (Lipinski definition) is 0. The van der Waals surface area contributed by atoms with E-state index in [0.717, 1.165) is 23.7 Å². The van der Waals surface area contributed by atoms with E-state index >= 15 is 0 Å². The minimum atomic E-state index is -1.80. The van der Waals surface area contributed by atoms with Gasteiger partial charge in [-0.2, -0.15) is 0 Å².